The van der Waals surface area contributed by atoms with Gasteiger partial charge in [-0.25, -0.2) is 0 Å². The lowest BCUT2D eigenvalue weighted by Gasteiger charge is -2.50. The number of hydrogen-bond donors (Lipinski definition) is 1. The molecule has 0 radical (unpaired) electrons. The molecule has 8 unspecified atom stereocenters. The fourth-order valence-corrected chi connectivity index (χ4v) is 10.0. The molecule has 7 rings (SSSR count). The minimum atomic E-state index is 0.147. The lowest BCUT2D eigenvalue weighted by molar-refractivity contribution is 0.0853. The van der Waals surface area contributed by atoms with Gasteiger partial charge in [-0.2, -0.15) is 0 Å². The Balaban J connectivity index is 1.36. The Kier molecular flexibility index (Phi) is 4.60. The van der Waals surface area contributed by atoms with Crippen LogP contribution >= 0.6 is 0 Å². The second-order valence-electron chi connectivity index (χ2n) is 12.4. The second-order valence-corrected chi connectivity index (χ2v) is 12.4. The van der Waals surface area contributed by atoms with Crippen LogP contribution in [0.15, 0.2) is 59.8 Å². The Morgan fingerprint density at radius 3 is 2.53 bits per heavy atom. The van der Waals surface area contributed by atoms with Gasteiger partial charge in [0, 0.05) is 17.0 Å². The zero-order valence-electron chi connectivity index (χ0n) is 19.9. The summed E-state index contributed by atoms with van der Waals surface area (Å²) in [6.45, 7) is 2.52. The minimum absolute atomic E-state index is 0.147. The number of allylic oxidation sites excluding steroid dienone is 7. The molecule has 0 saturated heterocycles. The molecule has 0 amide bonds. The number of nitrogens with one attached hydrogen (secondary N) is 1. The van der Waals surface area contributed by atoms with Crippen LogP contribution in [0, 0.1) is 40.9 Å². The maximum atomic E-state index is 4.14. The van der Waals surface area contributed by atoms with Crippen molar-refractivity contribution < 1.29 is 0 Å². The van der Waals surface area contributed by atoms with Crippen molar-refractivity contribution in [2.45, 2.75) is 89.1 Å². The smallest absolute Gasteiger partial charge is 0.0341 e. The van der Waals surface area contributed by atoms with Crippen molar-refractivity contribution >= 4 is 0 Å². The Labute approximate surface area is 195 Å². The topological polar surface area (TPSA) is 12.0 Å². The van der Waals surface area contributed by atoms with E-state index in [-0.39, 0.29) is 5.54 Å². The highest BCUT2D eigenvalue weighted by molar-refractivity contribution is 5.45. The Hall–Kier alpha value is -1.34. The molecular formula is C31H41N. The zero-order chi connectivity index (χ0) is 21.3. The van der Waals surface area contributed by atoms with E-state index in [1.54, 1.807) is 0 Å². The number of hydrogen-bond acceptors (Lipinski definition) is 1. The van der Waals surface area contributed by atoms with Crippen LogP contribution in [-0.4, -0.2) is 11.6 Å². The molecule has 0 bridgehead atoms. The average molecular weight is 428 g/mol. The molecule has 170 valence electrons. The van der Waals surface area contributed by atoms with Gasteiger partial charge in [-0.15, -0.1) is 0 Å². The van der Waals surface area contributed by atoms with Gasteiger partial charge in [0.15, 0.2) is 0 Å². The lowest BCUT2D eigenvalue weighted by Crippen LogP contribution is -2.52. The van der Waals surface area contributed by atoms with E-state index in [1.165, 1.54) is 70.6 Å². The SMILES string of the molecule is CC1(NC2CC=CC2)C=CC2C3CCC=CC3C3(C4=C(CCCC4)C4CCC=CC43)C2C1. The largest absolute Gasteiger partial charge is 0.305 e. The summed E-state index contributed by atoms with van der Waals surface area (Å²) in [6, 6.07) is 0.635. The maximum absolute atomic E-state index is 4.14. The molecule has 1 saturated carbocycles. The molecule has 32 heavy (non-hydrogen) atoms. The van der Waals surface area contributed by atoms with Crippen molar-refractivity contribution in [3.8, 4) is 0 Å². The van der Waals surface area contributed by atoms with Crippen molar-refractivity contribution in [1.29, 1.82) is 0 Å². The van der Waals surface area contributed by atoms with Crippen molar-refractivity contribution in [1.82, 2.24) is 5.32 Å². The van der Waals surface area contributed by atoms with Gasteiger partial charge in [0.2, 0.25) is 0 Å². The Morgan fingerprint density at radius 1 is 0.875 bits per heavy atom. The third-order valence-electron chi connectivity index (χ3n) is 10.9. The molecule has 7 aliphatic rings. The predicted octanol–water partition coefficient (Wildman–Crippen LogP) is 7.29. The van der Waals surface area contributed by atoms with E-state index in [0.29, 0.717) is 11.5 Å². The first-order valence-electron chi connectivity index (χ1n) is 13.9. The molecule has 1 nitrogen and oxygen atoms in total. The summed E-state index contributed by atoms with van der Waals surface area (Å²) >= 11 is 0. The summed E-state index contributed by atoms with van der Waals surface area (Å²) in [5, 5.41) is 4.14. The first-order valence-corrected chi connectivity index (χ1v) is 13.9. The van der Waals surface area contributed by atoms with E-state index >= 15 is 0 Å². The van der Waals surface area contributed by atoms with E-state index in [2.05, 4.69) is 60.8 Å². The molecule has 0 aromatic carbocycles. The summed E-state index contributed by atoms with van der Waals surface area (Å²) in [5.41, 5.74) is 4.49. The molecule has 1 heteroatoms. The van der Waals surface area contributed by atoms with Crippen LogP contribution in [0.4, 0.5) is 0 Å². The van der Waals surface area contributed by atoms with Crippen molar-refractivity contribution in [2.24, 2.45) is 40.9 Å². The molecule has 0 aromatic rings. The van der Waals surface area contributed by atoms with Crippen LogP contribution in [0.3, 0.4) is 0 Å². The van der Waals surface area contributed by atoms with Crippen LogP contribution in [0.2, 0.25) is 0 Å². The standard InChI is InChI=1S/C31H41N/c1-30(32-21-10-2-3-11-21)19-18-25-24-14-6-9-17-28(24)31(29(25)20-30)26-15-7-4-12-22(26)23-13-5-8-16-27(23)31/h2-3,7,9,15,17-19,21-22,24-26,28-29,32H,4-6,8,10-14,16,20H2,1H3. The molecule has 0 aliphatic heterocycles. The fourth-order valence-electron chi connectivity index (χ4n) is 10.0. The van der Waals surface area contributed by atoms with E-state index in [0.717, 1.165) is 35.5 Å². The van der Waals surface area contributed by atoms with Gasteiger partial charge in [0.25, 0.3) is 0 Å². The molecule has 8 atom stereocenters. The summed E-state index contributed by atoms with van der Waals surface area (Å²) in [6.07, 6.45) is 35.5. The summed E-state index contributed by atoms with van der Waals surface area (Å²) in [4.78, 5) is 0. The summed E-state index contributed by atoms with van der Waals surface area (Å²) in [5.74, 6) is 4.85. The average Bonchev–Trinajstić information content (AvgIpc) is 3.50. The molecule has 1 N–H and O–H groups in total. The molecular weight excluding hydrogens is 386 g/mol. The van der Waals surface area contributed by atoms with Crippen molar-refractivity contribution in [3.05, 3.63) is 59.8 Å². The number of rotatable bonds is 2. The van der Waals surface area contributed by atoms with E-state index in [1.807, 2.05) is 11.1 Å². The van der Waals surface area contributed by atoms with Crippen LogP contribution in [-0.2, 0) is 0 Å². The normalized spacial score (nSPS) is 48.9. The minimum Gasteiger partial charge on any atom is -0.305 e. The maximum Gasteiger partial charge on any atom is 0.0341 e. The predicted molar refractivity (Wildman–Crippen MR) is 133 cm³/mol. The fraction of sp³-hybridized carbons (Fsp3) is 0.677. The van der Waals surface area contributed by atoms with Crippen molar-refractivity contribution in [2.75, 3.05) is 0 Å². The van der Waals surface area contributed by atoms with E-state index < -0.39 is 0 Å². The van der Waals surface area contributed by atoms with Gasteiger partial charge < -0.3 is 5.32 Å². The third kappa shape index (κ3) is 2.67. The van der Waals surface area contributed by atoms with Gasteiger partial charge in [0.1, 0.15) is 0 Å². The molecule has 7 aliphatic carbocycles. The van der Waals surface area contributed by atoms with E-state index in [4.69, 9.17) is 0 Å². The highest BCUT2D eigenvalue weighted by atomic mass is 15.0. The number of fused-ring (bicyclic) bond motifs is 9. The van der Waals surface area contributed by atoms with Gasteiger partial charge in [-0.05, 0) is 113 Å². The molecule has 0 heterocycles. The van der Waals surface area contributed by atoms with Gasteiger partial charge >= 0.3 is 0 Å². The van der Waals surface area contributed by atoms with Crippen LogP contribution in [0.25, 0.3) is 0 Å². The summed E-state index contributed by atoms with van der Waals surface area (Å²) < 4.78 is 0. The highest BCUT2D eigenvalue weighted by Gasteiger charge is 2.68. The van der Waals surface area contributed by atoms with Crippen LogP contribution < -0.4 is 5.32 Å². The van der Waals surface area contributed by atoms with Crippen molar-refractivity contribution in [3.63, 3.8) is 0 Å². The van der Waals surface area contributed by atoms with Gasteiger partial charge in [0.05, 0.1) is 0 Å². The summed E-state index contributed by atoms with van der Waals surface area (Å²) in [7, 11) is 0. The second kappa shape index (κ2) is 7.33. The zero-order valence-corrected chi connectivity index (χ0v) is 19.9. The quantitative estimate of drug-likeness (QED) is 0.456. The first kappa shape index (κ1) is 20.1. The molecule has 0 aromatic heterocycles. The molecule has 1 fully saturated rings. The Morgan fingerprint density at radius 2 is 1.66 bits per heavy atom. The Bertz CT molecular complexity index is 924. The first-order chi connectivity index (χ1) is 15.7. The lowest BCUT2D eigenvalue weighted by atomic mass is 9.55. The van der Waals surface area contributed by atoms with Crippen LogP contribution in [0.1, 0.15) is 77.6 Å². The third-order valence-corrected chi connectivity index (χ3v) is 10.9. The van der Waals surface area contributed by atoms with Gasteiger partial charge in [-0.3, -0.25) is 0 Å². The molecule has 1 spiro atoms. The van der Waals surface area contributed by atoms with Crippen LogP contribution in [0.5, 0.6) is 0 Å². The van der Waals surface area contributed by atoms with Gasteiger partial charge in [-0.1, -0.05) is 59.8 Å². The highest BCUT2D eigenvalue weighted by Crippen LogP contribution is 2.74. The van der Waals surface area contributed by atoms with E-state index in [9.17, 15) is 0 Å². The monoisotopic (exact) mass is 427 g/mol.